The Balaban J connectivity index is 1.90. The molecule has 0 aliphatic heterocycles. The first-order chi connectivity index (χ1) is 10.6. The van der Waals surface area contributed by atoms with Crippen molar-refractivity contribution in [3.05, 3.63) is 66.2 Å². The average molecular weight is 296 g/mol. The highest BCUT2D eigenvalue weighted by Crippen LogP contribution is 2.12. The number of benzene rings is 2. The lowest BCUT2D eigenvalue weighted by Crippen LogP contribution is -2.38. The number of rotatable bonds is 5. The predicted molar refractivity (Wildman–Crippen MR) is 87.8 cm³/mol. The smallest absolute Gasteiger partial charge is 0.251 e. The van der Waals surface area contributed by atoms with E-state index in [2.05, 4.69) is 5.32 Å². The minimum absolute atomic E-state index is 0.0351. The van der Waals surface area contributed by atoms with Gasteiger partial charge in [0.05, 0.1) is 0 Å². The van der Waals surface area contributed by atoms with Crippen molar-refractivity contribution in [2.75, 3.05) is 11.9 Å². The van der Waals surface area contributed by atoms with Crippen LogP contribution in [0.5, 0.6) is 0 Å². The Morgan fingerprint density at radius 3 is 2.14 bits per heavy atom. The predicted octanol–water partition coefficient (Wildman–Crippen LogP) is 2.86. The number of nitrogens with zero attached hydrogens (tertiary/aromatic N) is 1. The van der Waals surface area contributed by atoms with Crippen molar-refractivity contribution in [1.82, 2.24) is 5.32 Å². The van der Waals surface area contributed by atoms with Crippen LogP contribution in [0.15, 0.2) is 60.7 Å². The molecule has 114 valence electrons. The molecule has 0 fully saturated rings. The van der Waals surface area contributed by atoms with Crippen molar-refractivity contribution in [3.8, 4) is 0 Å². The average Bonchev–Trinajstić information content (AvgIpc) is 2.55. The monoisotopic (exact) mass is 296 g/mol. The van der Waals surface area contributed by atoms with Crippen LogP contribution in [0.4, 0.5) is 5.69 Å². The standard InChI is InChI=1S/C18H20N2O2/c1-14(19-18(22)15-9-5-3-6-10-15)13-17(21)20(2)16-11-7-4-8-12-16/h3-12,14H,13H2,1-2H3,(H,19,22). The van der Waals surface area contributed by atoms with E-state index in [1.165, 1.54) is 0 Å². The number of carbonyl (C=O) groups is 2. The molecular formula is C18H20N2O2. The Labute approximate surface area is 130 Å². The number of amides is 2. The van der Waals surface area contributed by atoms with Gasteiger partial charge in [-0.25, -0.2) is 0 Å². The van der Waals surface area contributed by atoms with E-state index in [1.54, 1.807) is 24.1 Å². The van der Waals surface area contributed by atoms with Gasteiger partial charge in [-0.15, -0.1) is 0 Å². The fraction of sp³-hybridized carbons (Fsp3) is 0.222. The van der Waals surface area contributed by atoms with Gasteiger partial charge in [0, 0.05) is 30.8 Å². The van der Waals surface area contributed by atoms with E-state index in [4.69, 9.17) is 0 Å². The maximum absolute atomic E-state index is 12.2. The van der Waals surface area contributed by atoms with Gasteiger partial charge in [0.1, 0.15) is 0 Å². The van der Waals surface area contributed by atoms with Crippen molar-refractivity contribution in [3.63, 3.8) is 0 Å². The summed E-state index contributed by atoms with van der Waals surface area (Å²) in [5, 5.41) is 2.85. The van der Waals surface area contributed by atoms with Gasteiger partial charge >= 0.3 is 0 Å². The van der Waals surface area contributed by atoms with Crippen LogP contribution < -0.4 is 10.2 Å². The molecule has 0 heterocycles. The Kier molecular flexibility index (Phi) is 5.31. The highest BCUT2D eigenvalue weighted by Gasteiger charge is 2.16. The topological polar surface area (TPSA) is 49.4 Å². The van der Waals surface area contributed by atoms with Gasteiger partial charge in [0.25, 0.3) is 5.91 Å². The minimum Gasteiger partial charge on any atom is -0.349 e. The third-order valence-corrected chi connectivity index (χ3v) is 3.41. The summed E-state index contributed by atoms with van der Waals surface area (Å²) in [6.45, 7) is 1.83. The summed E-state index contributed by atoms with van der Waals surface area (Å²) in [5.41, 5.74) is 1.44. The van der Waals surface area contributed by atoms with Crippen LogP contribution in [0.2, 0.25) is 0 Å². The van der Waals surface area contributed by atoms with Gasteiger partial charge in [0.2, 0.25) is 5.91 Å². The maximum Gasteiger partial charge on any atom is 0.251 e. The quantitative estimate of drug-likeness (QED) is 0.922. The Morgan fingerprint density at radius 2 is 1.55 bits per heavy atom. The molecular weight excluding hydrogens is 276 g/mol. The number of carbonyl (C=O) groups excluding carboxylic acids is 2. The molecule has 0 aliphatic carbocycles. The third kappa shape index (κ3) is 4.19. The molecule has 22 heavy (non-hydrogen) atoms. The van der Waals surface area contributed by atoms with Crippen LogP contribution in [0, 0.1) is 0 Å². The normalized spacial score (nSPS) is 11.5. The number of hydrogen-bond donors (Lipinski definition) is 1. The van der Waals surface area contributed by atoms with Gasteiger partial charge < -0.3 is 10.2 Å². The molecule has 1 unspecified atom stereocenters. The first kappa shape index (κ1) is 15.8. The van der Waals surface area contributed by atoms with Crippen LogP contribution in [0.1, 0.15) is 23.7 Å². The molecule has 4 nitrogen and oxygen atoms in total. The van der Waals surface area contributed by atoms with Crippen molar-refractivity contribution >= 4 is 17.5 Å². The molecule has 2 rings (SSSR count). The van der Waals surface area contributed by atoms with Gasteiger partial charge in [-0.3, -0.25) is 9.59 Å². The maximum atomic E-state index is 12.2. The molecule has 1 atom stereocenters. The Hall–Kier alpha value is -2.62. The van der Waals surface area contributed by atoms with E-state index in [9.17, 15) is 9.59 Å². The van der Waals surface area contributed by atoms with E-state index in [-0.39, 0.29) is 24.3 Å². The number of nitrogens with one attached hydrogen (secondary N) is 1. The highest BCUT2D eigenvalue weighted by molar-refractivity contribution is 5.96. The third-order valence-electron chi connectivity index (χ3n) is 3.41. The summed E-state index contributed by atoms with van der Waals surface area (Å²) in [7, 11) is 1.74. The summed E-state index contributed by atoms with van der Waals surface area (Å²) >= 11 is 0. The molecule has 0 aliphatic rings. The molecule has 4 heteroatoms. The molecule has 2 aromatic carbocycles. The second kappa shape index (κ2) is 7.41. The first-order valence-corrected chi connectivity index (χ1v) is 7.25. The summed E-state index contributed by atoms with van der Waals surface area (Å²) in [6, 6.07) is 18.2. The van der Waals surface area contributed by atoms with Crippen LogP contribution in [-0.2, 0) is 4.79 Å². The lowest BCUT2D eigenvalue weighted by atomic mass is 10.1. The number of para-hydroxylation sites is 1. The van der Waals surface area contributed by atoms with E-state index < -0.39 is 0 Å². The number of hydrogen-bond acceptors (Lipinski definition) is 2. The van der Waals surface area contributed by atoms with Crippen molar-refractivity contribution < 1.29 is 9.59 Å². The molecule has 1 N–H and O–H groups in total. The van der Waals surface area contributed by atoms with Crippen LogP contribution >= 0.6 is 0 Å². The van der Waals surface area contributed by atoms with E-state index in [0.29, 0.717) is 5.56 Å². The van der Waals surface area contributed by atoms with E-state index in [1.807, 2.05) is 55.5 Å². The lowest BCUT2D eigenvalue weighted by molar-refractivity contribution is -0.118. The second-order valence-electron chi connectivity index (χ2n) is 5.23. The molecule has 0 spiro atoms. The molecule has 2 aromatic rings. The first-order valence-electron chi connectivity index (χ1n) is 7.25. The fourth-order valence-corrected chi connectivity index (χ4v) is 2.14. The van der Waals surface area contributed by atoms with E-state index in [0.717, 1.165) is 5.69 Å². The van der Waals surface area contributed by atoms with Crippen molar-refractivity contribution in [2.24, 2.45) is 0 Å². The van der Waals surface area contributed by atoms with Gasteiger partial charge in [0.15, 0.2) is 0 Å². The largest absolute Gasteiger partial charge is 0.349 e. The van der Waals surface area contributed by atoms with Crippen LogP contribution in [-0.4, -0.2) is 24.9 Å². The molecule has 0 aromatic heterocycles. The molecule has 0 bridgehead atoms. The zero-order chi connectivity index (χ0) is 15.9. The summed E-state index contributed by atoms with van der Waals surface area (Å²) < 4.78 is 0. The zero-order valence-corrected chi connectivity index (χ0v) is 12.8. The van der Waals surface area contributed by atoms with Gasteiger partial charge in [-0.1, -0.05) is 36.4 Å². The minimum atomic E-state index is -0.230. The molecule has 0 saturated heterocycles. The van der Waals surface area contributed by atoms with Gasteiger partial charge in [-0.05, 0) is 31.2 Å². The van der Waals surface area contributed by atoms with E-state index >= 15 is 0 Å². The van der Waals surface area contributed by atoms with Gasteiger partial charge in [-0.2, -0.15) is 0 Å². The Bertz CT molecular complexity index is 626. The summed E-state index contributed by atoms with van der Waals surface area (Å²) in [4.78, 5) is 25.9. The number of anilines is 1. The molecule has 0 radical (unpaired) electrons. The lowest BCUT2D eigenvalue weighted by Gasteiger charge is -2.20. The Morgan fingerprint density at radius 1 is 1.00 bits per heavy atom. The second-order valence-corrected chi connectivity index (χ2v) is 5.23. The summed E-state index contributed by atoms with van der Waals surface area (Å²) in [5.74, 6) is -0.199. The fourth-order valence-electron chi connectivity index (χ4n) is 2.14. The van der Waals surface area contributed by atoms with Crippen LogP contribution in [0.25, 0.3) is 0 Å². The van der Waals surface area contributed by atoms with Crippen molar-refractivity contribution in [2.45, 2.75) is 19.4 Å². The van der Waals surface area contributed by atoms with Crippen molar-refractivity contribution in [1.29, 1.82) is 0 Å². The zero-order valence-electron chi connectivity index (χ0n) is 12.8. The summed E-state index contributed by atoms with van der Waals surface area (Å²) in [6.07, 6.45) is 0.254. The van der Waals surface area contributed by atoms with Crippen LogP contribution in [0.3, 0.4) is 0 Å². The highest BCUT2D eigenvalue weighted by atomic mass is 16.2. The molecule has 0 saturated carbocycles. The SMILES string of the molecule is CC(CC(=O)N(C)c1ccccc1)NC(=O)c1ccccc1. The molecule has 2 amide bonds.